The van der Waals surface area contributed by atoms with E-state index in [0.29, 0.717) is 5.56 Å². The standard InChI is InChI=1S/C20H13FN2O2/c1-25-20(24)18-11-17(13-23-19(18)21)16-8-6-14(7-9-16)4-5-15-3-2-10-22-12-15/h2-3,6-13H,1H3. The van der Waals surface area contributed by atoms with E-state index in [1.165, 1.54) is 19.4 Å². The molecule has 0 amide bonds. The molecule has 3 aromatic rings. The number of esters is 1. The van der Waals surface area contributed by atoms with Crippen LogP contribution in [-0.4, -0.2) is 23.0 Å². The lowest BCUT2D eigenvalue weighted by atomic mass is 10.0. The topological polar surface area (TPSA) is 52.1 Å². The summed E-state index contributed by atoms with van der Waals surface area (Å²) in [4.78, 5) is 19.2. The highest BCUT2D eigenvalue weighted by molar-refractivity contribution is 5.90. The molecule has 0 saturated carbocycles. The van der Waals surface area contributed by atoms with Gasteiger partial charge in [0.05, 0.1) is 7.11 Å². The minimum atomic E-state index is -0.852. The number of aromatic nitrogens is 2. The number of nitrogens with zero attached hydrogens (tertiary/aromatic N) is 2. The predicted octanol–water partition coefficient (Wildman–Crippen LogP) is 3.47. The Labute approximate surface area is 144 Å². The highest BCUT2D eigenvalue weighted by Gasteiger charge is 2.14. The van der Waals surface area contributed by atoms with E-state index in [4.69, 9.17) is 0 Å². The zero-order valence-corrected chi connectivity index (χ0v) is 13.4. The van der Waals surface area contributed by atoms with Crippen molar-refractivity contribution in [2.75, 3.05) is 7.11 Å². The molecule has 0 atom stereocenters. The molecule has 122 valence electrons. The van der Waals surface area contributed by atoms with Gasteiger partial charge < -0.3 is 4.74 Å². The quantitative estimate of drug-likeness (QED) is 0.410. The van der Waals surface area contributed by atoms with Crippen molar-refractivity contribution in [1.82, 2.24) is 9.97 Å². The van der Waals surface area contributed by atoms with Crippen molar-refractivity contribution in [3.63, 3.8) is 0 Å². The average molecular weight is 332 g/mol. The minimum absolute atomic E-state index is 0.194. The van der Waals surface area contributed by atoms with Gasteiger partial charge in [0, 0.05) is 35.3 Å². The maximum atomic E-state index is 13.6. The van der Waals surface area contributed by atoms with E-state index in [0.717, 1.165) is 16.7 Å². The van der Waals surface area contributed by atoms with Gasteiger partial charge in [-0.15, -0.1) is 0 Å². The molecule has 0 aliphatic rings. The molecule has 3 rings (SSSR count). The smallest absolute Gasteiger partial charge is 0.342 e. The van der Waals surface area contributed by atoms with E-state index in [2.05, 4.69) is 26.5 Å². The van der Waals surface area contributed by atoms with Gasteiger partial charge in [-0.2, -0.15) is 4.39 Å². The van der Waals surface area contributed by atoms with Crippen LogP contribution in [0.1, 0.15) is 21.5 Å². The van der Waals surface area contributed by atoms with Gasteiger partial charge in [-0.05, 0) is 35.9 Å². The number of benzene rings is 1. The normalized spacial score (nSPS) is 9.84. The second-order valence-corrected chi connectivity index (χ2v) is 5.12. The van der Waals surface area contributed by atoms with Gasteiger partial charge in [-0.25, -0.2) is 9.78 Å². The second-order valence-electron chi connectivity index (χ2n) is 5.12. The number of hydrogen-bond donors (Lipinski definition) is 0. The molecule has 0 N–H and O–H groups in total. The van der Waals surface area contributed by atoms with Crippen LogP contribution in [0.5, 0.6) is 0 Å². The number of rotatable bonds is 2. The molecule has 2 aromatic heterocycles. The monoisotopic (exact) mass is 332 g/mol. The van der Waals surface area contributed by atoms with Crippen LogP contribution in [0.15, 0.2) is 61.1 Å². The SMILES string of the molecule is COC(=O)c1cc(-c2ccc(C#Cc3cccnc3)cc2)cnc1F. The number of pyridine rings is 2. The van der Waals surface area contributed by atoms with Crippen LogP contribution in [0.2, 0.25) is 0 Å². The van der Waals surface area contributed by atoms with E-state index in [1.54, 1.807) is 12.4 Å². The maximum Gasteiger partial charge on any atom is 0.342 e. The summed E-state index contributed by atoms with van der Waals surface area (Å²) in [5, 5.41) is 0. The number of hydrogen-bond acceptors (Lipinski definition) is 4. The average Bonchev–Trinajstić information content (AvgIpc) is 2.67. The first-order chi connectivity index (χ1) is 12.2. The van der Waals surface area contributed by atoms with E-state index >= 15 is 0 Å². The van der Waals surface area contributed by atoms with Gasteiger partial charge in [-0.1, -0.05) is 24.0 Å². The van der Waals surface area contributed by atoms with Crippen LogP contribution in [0, 0.1) is 17.8 Å². The summed E-state index contributed by atoms with van der Waals surface area (Å²) in [6, 6.07) is 12.5. The Bertz CT molecular complexity index is 958. The van der Waals surface area contributed by atoms with Crippen molar-refractivity contribution >= 4 is 5.97 Å². The second kappa shape index (κ2) is 7.37. The molecule has 0 spiro atoms. The molecule has 0 unspecified atom stereocenters. The van der Waals surface area contributed by atoms with Crippen molar-refractivity contribution < 1.29 is 13.9 Å². The van der Waals surface area contributed by atoms with Crippen molar-refractivity contribution in [3.8, 4) is 23.0 Å². The molecule has 0 fully saturated rings. The first kappa shape index (κ1) is 16.3. The van der Waals surface area contributed by atoms with Gasteiger partial charge in [0.25, 0.3) is 0 Å². The maximum absolute atomic E-state index is 13.6. The van der Waals surface area contributed by atoms with Gasteiger partial charge in [0.1, 0.15) is 5.56 Å². The van der Waals surface area contributed by atoms with Gasteiger partial charge in [0.15, 0.2) is 0 Å². The summed E-state index contributed by atoms with van der Waals surface area (Å²) in [5.74, 6) is 4.46. The molecular weight excluding hydrogens is 319 g/mol. The van der Waals surface area contributed by atoms with Crippen molar-refractivity contribution in [1.29, 1.82) is 0 Å². The summed E-state index contributed by atoms with van der Waals surface area (Å²) >= 11 is 0. The molecule has 2 heterocycles. The van der Waals surface area contributed by atoms with Crippen LogP contribution in [-0.2, 0) is 4.74 Å². The molecule has 25 heavy (non-hydrogen) atoms. The van der Waals surface area contributed by atoms with E-state index < -0.39 is 11.9 Å². The lowest BCUT2D eigenvalue weighted by Crippen LogP contribution is -2.06. The molecule has 1 aromatic carbocycles. The summed E-state index contributed by atoms with van der Waals surface area (Å²) in [6.07, 6.45) is 4.76. The molecule has 0 radical (unpaired) electrons. The molecule has 0 bridgehead atoms. The lowest BCUT2D eigenvalue weighted by molar-refractivity contribution is 0.0594. The number of carbonyl (C=O) groups excluding carboxylic acids is 1. The van der Waals surface area contributed by atoms with E-state index in [9.17, 15) is 9.18 Å². The van der Waals surface area contributed by atoms with Crippen LogP contribution < -0.4 is 0 Å². The number of halogens is 1. The fourth-order valence-electron chi connectivity index (χ4n) is 2.19. The molecule has 0 aliphatic heterocycles. The molecule has 4 nitrogen and oxygen atoms in total. The van der Waals surface area contributed by atoms with Crippen LogP contribution in [0.3, 0.4) is 0 Å². The molecule has 0 aliphatic carbocycles. The summed E-state index contributed by atoms with van der Waals surface area (Å²) < 4.78 is 18.2. The van der Waals surface area contributed by atoms with Crippen LogP contribution in [0.4, 0.5) is 4.39 Å². The Hall–Kier alpha value is -3.52. The third-order valence-electron chi connectivity index (χ3n) is 3.48. The number of methoxy groups -OCH3 is 1. The highest BCUT2D eigenvalue weighted by Crippen LogP contribution is 2.21. The number of ether oxygens (including phenoxy) is 1. The van der Waals surface area contributed by atoms with Crippen molar-refractivity contribution in [3.05, 3.63) is 83.7 Å². The van der Waals surface area contributed by atoms with Crippen LogP contribution >= 0.6 is 0 Å². The Morgan fingerprint density at radius 3 is 2.48 bits per heavy atom. The fraction of sp³-hybridized carbons (Fsp3) is 0.0500. The van der Waals surface area contributed by atoms with Gasteiger partial charge >= 0.3 is 5.97 Å². The van der Waals surface area contributed by atoms with Gasteiger partial charge in [0.2, 0.25) is 5.95 Å². The Kier molecular flexibility index (Phi) is 4.82. The summed E-state index contributed by atoms with van der Waals surface area (Å²) in [7, 11) is 1.20. The Morgan fingerprint density at radius 1 is 1.04 bits per heavy atom. The first-order valence-electron chi connectivity index (χ1n) is 7.44. The zero-order chi connectivity index (χ0) is 17.6. The van der Waals surface area contributed by atoms with Crippen molar-refractivity contribution in [2.45, 2.75) is 0 Å². The largest absolute Gasteiger partial charge is 0.465 e. The van der Waals surface area contributed by atoms with E-state index in [1.807, 2.05) is 36.4 Å². The fourth-order valence-corrected chi connectivity index (χ4v) is 2.19. The van der Waals surface area contributed by atoms with Crippen molar-refractivity contribution in [2.24, 2.45) is 0 Å². The molecular formula is C20H13FN2O2. The van der Waals surface area contributed by atoms with E-state index in [-0.39, 0.29) is 5.56 Å². The Morgan fingerprint density at radius 2 is 1.80 bits per heavy atom. The summed E-state index contributed by atoms with van der Waals surface area (Å²) in [6.45, 7) is 0. The zero-order valence-electron chi connectivity index (χ0n) is 13.4. The first-order valence-corrected chi connectivity index (χ1v) is 7.44. The Balaban J connectivity index is 1.86. The number of carbonyl (C=O) groups is 1. The van der Waals surface area contributed by atoms with Crippen LogP contribution in [0.25, 0.3) is 11.1 Å². The lowest BCUT2D eigenvalue weighted by Gasteiger charge is -2.05. The summed E-state index contributed by atoms with van der Waals surface area (Å²) in [5.41, 5.74) is 2.88. The molecule has 5 heteroatoms. The molecule has 0 saturated heterocycles. The third-order valence-corrected chi connectivity index (χ3v) is 3.48. The predicted molar refractivity (Wildman–Crippen MR) is 91.2 cm³/mol. The third kappa shape index (κ3) is 3.88. The van der Waals surface area contributed by atoms with Gasteiger partial charge in [-0.3, -0.25) is 4.98 Å². The minimum Gasteiger partial charge on any atom is -0.465 e. The highest BCUT2D eigenvalue weighted by atomic mass is 19.1.